The standard InChI is InChI=1S/C11H12BrNO2/c12-10-7-13-4-1-9(10)11(14)8-2-5-15-6-3-8/h1,4,7-8H,2-3,5-6H2. The number of nitrogens with zero attached hydrogens (tertiary/aromatic N) is 1. The van der Waals surface area contributed by atoms with Gasteiger partial charge in [-0.3, -0.25) is 9.78 Å². The lowest BCUT2D eigenvalue weighted by molar-refractivity contribution is 0.0544. The molecule has 2 rings (SSSR count). The van der Waals surface area contributed by atoms with Gasteiger partial charge in [0.05, 0.1) is 0 Å². The highest BCUT2D eigenvalue weighted by Crippen LogP contribution is 2.24. The van der Waals surface area contributed by atoms with E-state index in [1.165, 1.54) is 0 Å². The Morgan fingerprint density at radius 2 is 2.20 bits per heavy atom. The second-order valence-corrected chi connectivity index (χ2v) is 4.46. The van der Waals surface area contributed by atoms with Gasteiger partial charge in [0.1, 0.15) is 0 Å². The SMILES string of the molecule is O=C(c1ccncc1Br)C1CCOCC1. The molecule has 1 aromatic heterocycles. The zero-order valence-electron chi connectivity index (χ0n) is 8.28. The predicted molar refractivity (Wildman–Crippen MR) is 59.8 cm³/mol. The van der Waals surface area contributed by atoms with Crippen LogP contribution in [0.5, 0.6) is 0 Å². The highest BCUT2D eigenvalue weighted by Gasteiger charge is 2.23. The Balaban J connectivity index is 2.16. The molecule has 0 saturated carbocycles. The van der Waals surface area contributed by atoms with Crippen LogP contribution < -0.4 is 0 Å². The summed E-state index contributed by atoms with van der Waals surface area (Å²) in [6.07, 6.45) is 4.96. The first-order chi connectivity index (χ1) is 7.29. The van der Waals surface area contributed by atoms with Crippen molar-refractivity contribution in [2.75, 3.05) is 13.2 Å². The molecule has 1 aliphatic heterocycles. The van der Waals surface area contributed by atoms with Crippen molar-refractivity contribution in [1.29, 1.82) is 0 Å². The molecule has 1 aromatic rings. The van der Waals surface area contributed by atoms with Crippen molar-refractivity contribution in [3.8, 4) is 0 Å². The molecule has 0 spiro atoms. The Morgan fingerprint density at radius 3 is 2.87 bits per heavy atom. The Bertz CT molecular complexity index is 361. The summed E-state index contributed by atoms with van der Waals surface area (Å²) in [6, 6.07) is 1.77. The summed E-state index contributed by atoms with van der Waals surface area (Å²) in [4.78, 5) is 16.1. The number of hydrogen-bond acceptors (Lipinski definition) is 3. The Hall–Kier alpha value is -0.740. The van der Waals surface area contributed by atoms with Crippen LogP contribution >= 0.6 is 15.9 Å². The lowest BCUT2D eigenvalue weighted by Crippen LogP contribution is -2.23. The van der Waals surface area contributed by atoms with E-state index in [1.54, 1.807) is 18.5 Å². The van der Waals surface area contributed by atoms with Crippen molar-refractivity contribution in [2.24, 2.45) is 5.92 Å². The third kappa shape index (κ3) is 2.44. The molecule has 0 atom stereocenters. The molecule has 15 heavy (non-hydrogen) atoms. The van der Waals surface area contributed by atoms with Crippen molar-refractivity contribution in [3.05, 3.63) is 28.5 Å². The molecule has 1 fully saturated rings. The number of pyridine rings is 1. The van der Waals surface area contributed by atoms with Crippen molar-refractivity contribution in [3.63, 3.8) is 0 Å². The van der Waals surface area contributed by atoms with E-state index in [0.29, 0.717) is 13.2 Å². The summed E-state index contributed by atoms with van der Waals surface area (Å²) in [5.41, 5.74) is 0.733. The Morgan fingerprint density at radius 1 is 1.47 bits per heavy atom. The van der Waals surface area contributed by atoms with Gasteiger partial charge < -0.3 is 4.74 Å². The summed E-state index contributed by atoms with van der Waals surface area (Å²) in [7, 11) is 0. The molecular weight excluding hydrogens is 258 g/mol. The van der Waals surface area contributed by atoms with Crippen LogP contribution in [0, 0.1) is 5.92 Å². The minimum atomic E-state index is 0.109. The third-order valence-corrected chi connectivity index (χ3v) is 3.26. The molecule has 0 aliphatic carbocycles. The van der Waals surface area contributed by atoms with Gasteiger partial charge in [0.15, 0.2) is 5.78 Å². The summed E-state index contributed by atoms with van der Waals surface area (Å²) in [5, 5.41) is 0. The van der Waals surface area contributed by atoms with E-state index < -0.39 is 0 Å². The van der Waals surface area contributed by atoms with Gasteiger partial charge in [-0.25, -0.2) is 0 Å². The normalized spacial score (nSPS) is 17.7. The summed E-state index contributed by atoms with van der Waals surface area (Å²) >= 11 is 3.35. The summed E-state index contributed by atoms with van der Waals surface area (Å²) < 4.78 is 6.02. The van der Waals surface area contributed by atoms with Crippen molar-refractivity contribution in [2.45, 2.75) is 12.8 Å². The van der Waals surface area contributed by atoms with E-state index >= 15 is 0 Å². The average molecular weight is 270 g/mol. The molecule has 0 aromatic carbocycles. The van der Waals surface area contributed by atoms with Gasteiger partial charge in [0.25, 0.3) is 0 Å². The maximum Gasteiger partial charge on any atom is 0.167 e. The zero-order valence-corrected chi connectivity index (χ0v) is 9.87. The second kappa shape index (κ2) is 4.86. The van der Waals surface area contributed by atoms with Crippen LogP contribution in [0.4, 0.5) is 0 Å². The van der Waals surface area contributed by atoms with Gasteiger partial charge in [-0.05, 0) is 34.8 Å². The summed E-state index contributed by atoms with van der Waals surface area (Å²) in [5.74, 6) is 0.310. The molecule has 1 saturated heterocycles. The van der Waals surface area contributed by atoms with E-state index in [4.69, 9.17) is 4.74 Å². The van der Waals surface area contributed by atoms with Crippen LogP contribution in [0.1, 0.15) is 23.2 Å². The summed E-state index contributed by atoms with van der Waals surface area (Å²) in [6.45, 7) is 1.39. The highest BCUT2D eigenvalue weighted by molar-refractivity contribution is 9.10. The number of ketones is 1. The number of carbonyl (C=O) groups excluding carboxylic acids is 1. The molecule has 2 heterocycles. The molecule has 0 amide bonds. The first kappa shape index (κ1) is 10.8. The fourth-order valence-electron chi connectivity index (χ4n) is 1.75. The molecule has 0 unspecified atom stereocenters. The Kier molecular flexibility index (Phi) is 3.49. The smallest absolute Gasteiger partial charge is 0.167 e. The van der Waals surface area contributed by atoms with Crippen LogP contribution in [0.25, 0.3) is 0 Å². The average Bonchev–Trinajstić information content (AvgIpc) is 2.30. The van der Waals surface area contributed by atoms with Crippen LogP contribution in [0.3, 0.4) is 0 Å². The van der Waals surface area contributed by atoms with E-state index in [2.05, 4.69) is 20.9 Å². The highest BCUT2D eigenvalue weighted by atomic mass is 79.9. The first-order valence-electron chi connectivity index (χ1n) is 5.00. The molecule has 0 bridgehead atoms. The molecular formula is C11H12BrNO2. The van der Waals surface area contributed by atoms with Crippen LogP contribution in [-0.2, 0) is 4.74 Å². The van der Waals surface area contributed by atoms with Gasteiger partial charge in [-0.1, -0.05) is 0 Å². The fraction of sp³-hybridized carbons (Fsp3) is 0.455. The minimum Gasteiger partial charge on any atom is -0.381 e. The molecule has 80 valence electrons. The van der Waals surface area contributed by atoms with Gasteiger partial charge in [-0.2, -0.15) is 0 Å². The third-order valence-electron chi connectivity index (χ3n) is 2.63. The van der Waals surface area contributed by atoms with Crippen LogP contribution in [-0.4, -0.2) is 24.0 Å². The number of aromatic nitrogens is 1. The number of hydrogen-bond donors (Lipinski definition) is 0. The molecule has 0 N–H and O–H groups in total. The number of carbonyl (C=O) groups is 1. The van der Waals surface area contributed by atoms with Gasteiger partial charge in [-0.15, -0.1) is 0 Å². The van der Waals surface area contributed by atoms with Crippen molar-refractivity contribution >= 4 is 21.7 Å². The van der Waals surface area contributed by atoms with Crippen molar-refractivity contribution in [1.82, 2.24) is 4.98 Å². The Labute approximate surface area is 97.0 Å². The second-order valence-electron chi connectivity index (χ2n) is 3.61. The quantitative estimate of drug-likeness (QED) is 0.775. The lowest BCUT2D eigenvalue weighted by atomic mass is 9.91. The number of Topliss-reactive ketones (excluding diaryl/α,β-unsaturated/α-hetero) is 1. The van der Waals surface area contributed by atoms with Crippen molar-refractivity contribution < 1.29 is 9.53 Å². The van der Waals surface area contributed by atoms with Gasteiger partial charge in [0.2, 0.25) is 0 Å². The van der Waals surface area contributed by atoms with Gasteiger partial charge in [0, 0.05) is 41.6 Å². The van der Waals surface area contributed by atoms with E-state index in [9.17, 15) is 4.79 Å². The largest absolute Gasteiger partial charge is 0.381 e. The first-order valence-corrected chi connectivity index (χ1v) is 5.80. The molecule has 0 radical (unpaired) electrons. The fourth-order valence-corrected chi connectivity index (χ4v) is 2.20. The molecule has 3 nitrogen and oxygen atoms in total. The maximum atomic E-state index is 12.1. The van der Waals surface area contributed by atoms with Crippen LogP contribution in [0.15, 0.2) is 22.9 Å². The maximum absolute atomic E-state index is 12.1. The predicted octanol–water partition coefficient (Wildman–Crippen LogP) is 2.45. The topological polar surface area (TPSA) is 39.2 Å². The van der Waals surface area contributed by atoms with Crippen LogP contribution in [0.2, 0.25) is 0 Å². The minimum absolute atomic E-state index is 0.109. The number of rotatable bonds is 2. The monoisotopic (exact) mass is 269 g/mol. The zero-order chi connectivity index (χ0) is 10.7. The molecule has 1 aliphatic rings. The van der Waals surface area contributed by atoms with Gasteiger partial charge >= 0.3 is 0 Å². The molecule has 4 heteroatoms. The van der Waals surface area contributed by atoms with E-state index in [-0.39, 0.29) is 11.7 Å². The lowest BCUT2D eigenvalue weighted by Gasteiger charge is -2.21. The van der Waals surface area contributed by atoms with E-state index in [0.717, 1.165) is 22.9 Å². The van der Waals surface area contributed by atoms with E-state index in [1.807, 2.05) is 0 Å². The number of ether oxygens (including phenoxy) is 1. The number of halogens is 1.